The van der Waals surface area contributed by atoms with E-state index in [1.54, 1.807) is 6.92 Å². The van der Waals surface area contributed by atoms with Gasteiger partial charge in [-0.2, -0.15) is 0 Å². The topological polar surface area (TPSA) is 64.3 Å². The zero-order chi connectivity index (χ0) is 15.3. The summed E-state index contributed by atoms with van der Waals surface area (Å²) in [5.41, 5.74) is 6.14. The Hall–Kier alpha value is -1.13. The monoisotopic (exact) mass is 318 g/mol. The molecule has 0 aliphatic heterocycles. The van der Waals surface area contributed by atoms with Crippen molar-refractivity contribution in [1.82, 2.24) is 5.32 Å². The average molecular weight is 319 g/mol. The minimum Gasteiger partial charge on any atom is -0.479 e. The van der Waals surface area contributed by atoms with Crippen LogP contribution in [0.5, 0.6) is 5.75 Å². The Balaban J connectivity index is 2.73. The minimum atomic E-state index is -0.657. The maximum Gasteiger partial charge on any atom is 0.260 e. The van der Waals surface area contributed by atoms with Gasteiger partial charge in [0, 0.05) is 12.1 Å². The molecule has 0 spiro atoms. The first-order chi connectivity index (χ1) is 9.38. The van der Waals surface area contributed by atoms with Crippen molar-refractivity contribution in [2.24, 2.45) is 0 Å². The van der Waals surface area contributed by atoms with Crippen LogP contribution in [0.25, 0.3) is 0 Å². The molecule has 0 aliphatic rings. The molecular weight excluding hydrogens is 299 g/mol. The van der Waals surface area contributed by atoms with E-state index in [1.807, 2.05) is 13.8 Å². The Bertz CT molecular complexity index is 476. The Kier molecular flexibility index (Phi) is 6.43. The summed E-state index contributed by atoms with van der Waals surface area (Å²) >= 11 is 11.8. The van der Waals surface area contributed by atoms with Gasteiger partial charge in [0.15, 0.2) is 6.10 Å². The van der Waals surface area contributed by atoms with Gasteiger partial charge in [-0.15, -0.1) is 0 Å². The Labute approximate surface area is 129 Å². The SMILES string of the molecule is CCC(CC)NC(=O)C(C)Oc1cc(Cl)c(Cl)cc1N. The van der Waals surface area contributed by atoms with Crippen molar-refractivity contribution in [2.45, 2.75) is 45.8 Å². The number of carbonyl (C=O) groups is 1. The number of nitrogen functional groups attached to an aromatic ring is 1. The van der Waals surface area contributed by atoms with E-state index in [0.29, 0.717) is 21.5 Å². The highest BCUT2D eigenvalue weighted by Gasteiger charge is 2.19. The normalized spacial score (nSPS) is 12.3. The molecule has 1 atom stereocenters. The highest BCUT2D eigenvalue weighted by molar-refractivity contribution is 6.42. The van der Waals surface area contributed by atoms with Gasteiger partial charge in [0.1, 0.15) is 5.75 Å². The molecule has 0 bridgehead atoms. The highest BCUT2D eigenvalue weighted by Crippen LogP contribution is 2.32. The van der Waals surface area contributed by atoms with Crippen LogP contribution in [0.4, 0.5) is 5.69 Å². The molecule has 1 aromatic rings. The minimum absolute atomic E-state index is 0.153. The molecule has 1 rings (SSSR count). The Morgan fingerprint density at radius 3 is 2.40 bits per heavy atom. The molecule has 1 unspecified atom stereocenters. The lowest BCUT2D eigenvalue weighted by Gasteiger charge is -2.20. The average Bonchev–Trinajstić information content (AvgIpc) is 2.41. The fourth-order valence-corrected chi connectivity index (χ4v) is 2.03. The van der Waals surface area contributed by atoms with Gasteiger partial charge in [-0.3, -0.25) is 4.79 Å². The van der Waals surface area contributed by atoms with Crippen LogP contribution in [0, 0.1) is 0 Å². The maximum absolute atomic E-state index is 12.0. The summed E-state index contributed by atoms with van der Waals surface area (Å²) in [4.78, 5) is 12.0. The number of amides is 1. The summed E-state index contributed by atoms with van der Waals surface area (Å²) in [6.07, 6.45) is 1.10. The summed E-state index contributed by atoms with van der Waals surface area (Å²) in [7, 11) is 0. The van der Waals surface area contributed by atoms with Crippen LogP contribution < -0.4 is 15.8 Å². The summed E-state index contributed by atoms with van der Waals surface area (Å²) in [5, 5.41) is 3.61. The van der Waals surface area contributed by atoms with Crippen molar-refractivity contribution in [3.05, 3.63) is 22.2 Å². The van der Waals surface area contributed by atoms with Crippen LogP contribution in [-0.4, -0.2) is 18.1 Å². The van der Waals surface area contributed by atoms with Crippen LogP contribution in [-0.2, 0) is 4.79 Å². The molecule has 0 saturated carbocycles. The third-order valence-electron chi connectivity index (χ3n) is 3.06. The molecule has 4 nitrogen and oxygen atoms in total. The van der Waals surface area contributed by atoms with Gasteiger partial charge in [-0.1, -0.05) is 37.0 Å². The number of rotatable bonds is 6. The van der Waals surface area contributed by atoms with Crippen LogP contribution in [0.3, 0.4) is 0 Å². The van der Waals surface area contributed by atoms with Crippen molar-refractivity contribution >= 4 is 34.8 Å². The molecule has 1 aromatic carbocycles. The van der Waals surface area contributed by atoms with E-state index in [0.717, 1.165) is 12.8 Å². The second kappa shape index (κ2) is 7.60. The van der Waals surface area contributed by atoms with Crippen LogP contribution in [0.1, 0.15) is 33.6 Å². The van der Waals surface area contributed by atoms with Gasteiger partial charge in [-0.25, -0.2) is 0 Å². The number of anilines is 1. The van der Waals surface area contributed by atoms with Crippen LogP contribution in [0.15, 0.2) is 12.1 Å². The van der Waals surface area contributed by atoms with Crippen molar-refractivity contribution in [2.75, 3.05) is 5.73 Å². The van der Waals surface area contributed by atoms with E-state index in [4.69, 9.17) is 33.7 Å². The Morgan fingerprint density at radius 1 is 1.30 bits per heavy atom. The number of halogens is 2. The number of ether oxygens (including phenoxy) is 1. The van der Waals surface area contributed by atoms with Gasteiger partial charge in [-0.05, 0) is 25.8 Å². The number of nitrogens with one attached hydrogen (secondary N) is 1. The molecule has 6 heteroatoms. The first-order valence-electron chi connectivity index (χ1n) is 6.60. The largest absolute Gasteiger partial charge is 0.479 e. The van der Waals surface area contributed by atoms with Gasteiger partial charge in [0.25, 0.3) is 5.91 Å². The summed E-state index contributed by atoms with van der Waals surface area (Å²) in [6, 6.07) is 3.17. The maximum atomic E-state index is 12.0. The van der Waals surface area contributed by atoms with Gasteiger partial charge in [0.05, 0.1) is 15.7 Å². The van der Waals surface area contributed by atoms with Gasteiger partial charge < -0.3 is 15.8 Å². The number of carbonyl (C=O) groups excluding carboxylic acids is 1. The zero-order valence-corrected chi connectivity index (χ0v) is 13.4. The zero-order valence-electron chi connectivity index (χ0n) is 11.9. The second-order valence-electron chi connectivity index (χ2n) is 4.59. The number of hydrogen-bond donors (Lipinski definition) is 2. The molecule has 0 radical (unpaired) electrons. The smallest absolute Gasteiger partial charge is 0.260 e. The van der Waals surface area contributed by atoms with E-state index in [-0.39, 0.29) is 11.9 Å². The van der Waals surface area contributed by atoms with E-state index >= 15 is 0 Å². The van der Waals surface area contributed by atoms with Crippen LogP contribution >= 0.6 is 23.2 Å². The van der Waals surface area contributed by atoms with Gasteiger partial charge in [0.2, 0.25) is 0 Å². The molecule has 3 N–H and O–H groups in total. The number of benzene rings is 1. The molecule has 0 saturated heterocycles. The summed E-state index contributed by atoms with van der Waals surface area (Å²) in [5.74, 6) is 0.177. The third-order valence-corrected chi connectivity index (χ3v) is 3.78. The van der Waals surface area contributed by atoms with E-state index in [1.165, 1.54) is 12.1 Å². The molecule has 0 aromatic heterocycles. The van der Waals surface area contributed by atoms with E-state index in [9.17, 15) is 4.79 Å². The van der Waals surface area contributed by atoms with E-state index < -0.39 is 6.10 Å². The molecule has 0 heterocycles. The lowest BCUT2D eigenvalue weighted by molar-refractivity contribution is -0.128. The quantitative estimate of drug-likeness (QED) is 0.787. The lowest BCUT2D eigenvalue weighted by Crippen LogP contribution is -2.42. The standard InChI is InChI=1S/C14H20Cl2N2O2/c1-4-9(5-2)18-14(19)8(3)20-13-7-11(16)10(15)6-12(13)17/h6-9H,4-5,17H2,1-3H3,(H,18,19). The third kappa shape index (κ3) is 4.46. The summed E-state index contributed by atoms with van der Waals surface area (Å²) < 4.78 is 5.55. The van der Waals surface area contributed by atoms with Crippen molar-refractivity contribution in [3.63, 3.8) is 0 Å². The van der Waals surface area contributed by atoms with Gasteiger partial charge >= 0.3 is 0 Å². The summed E-state index contributed by atoms with van der Waals surface area (Å²) in [6.45, 7) is 5.72. The van der Waals surface area contributed by atoms with E-state index in [2.05, 4.69) is 5.32 Å². The molecule has 0 aliphatic carbocycles. The molecule has 20 heavy (non-hydrogen) atoms. The Morgan fingerprint density at radius 2 is 1.85 bits per heavy atom. The highest BCUT2D eigenvalue weighted by atomic mass is 35.5. The lowest BCUT2D eigenvalue weighted by atomic mass is 10.1. The first kappa shape index (κ1) is 16.9. The predicted octanol–water partition coefficient (Wildman–Crippen LogP) is 3.65. The van der Waals surface area contributed by atoms with Crippen molar-refractivity contribution in [3.8, 4) is 5.75 Å². The fourth-order valence-electron chi connectivity index (χ4n) is 1.70. The first-order valence-corrected chi connectivity index (χ1v) is 7.36. The molecule has 1 amide bonds. The van der Waals surface area contributed by atoms with Crippen molar-refractivity contribution in [1.29, 1.82) is 0 Å². The second-order valence-corrected chi connectivity index (χ2v) is 5.40. The van der Waals surface area contributed by atoms with Crippen LogP contribution in [0.2, 0.25) is 10.0 Å². The number of nitrogens with two attached hydrogens (primary N) is 1. The van der Waals surface area contributed by atoms with Crippen molar-refractivity contribution < 1.29 is 9.53 Å². The molecular formula is C14H20Cl2N2O2. The fraction of sp³-hybridized carbons (Fsp3) is 0.500. The number of hydrogen-bond acceptors (Lipinski definition) is 3. The molecule has 0 fully saturated rings. The predicted molar refractivity (Wildman–Crippen MR) is 83.5 cm³/mol. The molecule has 112 valence electrons.